The van der Waals surface area contributed by atoms with E-state index in [-0.39, 0.29) is 21.1 Å². The fourth-order valence-electron chi connectivity index (χ4n) is 3.08. The summed E-state index contributed by atoms with van der Waals surface area (Å²) in [5.74, 6) is -1.38. The van der Waals surface area contributed by atoms with E-state index in [9.17, 15) is 18.4 Å². The molecule has 0 saturated carbocycles. The highest BCUT2D eigenvalue weighted by Gasteiger charge is 2.26. The second-order valence-corrected chi connectivity index (χ2v) is 9.75. The topological polar surface area (TPSA) is 103 Å². The fraction of sp³-hybridized carbons (Fsp3) is 0.158. The first-order chi connectivity index (χ1) is 14.7. The van der Waals surface area contributed by atoms with Crippen LogP contribution < -0.4 is 11.1 Å². The van der Waals surface area contributed by atoms with Crippen LogP contribution in [0.3, 0.4) is 0 Å². The third-order valence-electron chi connectivity index (χ3n) is 4.37. The van der Waals surface area contributed by atoms with Crippen LogP contribution in [0.1, 0.15) is 37.2 Å². The van der Waals surface area contributed by atoms with E-state index in [2.05, 4.69) is 31.3 Å². The molecule has 160 valence electrons. The molecule has 0 atom stereocenters. The van der Waals surface area contributed by atoms with Gasteiger partial charge in [-0.1, -0.05) is 0 Å². The minimum absolute atomic E-state index is 0.0175. The van der Waals surface area contributed by atoms with E-state index < -0.39 is 23.9 Å². The smallest absolute Gasteiger partial charge is 0.280 e. The lowest BCUT2D eigenvalue weighted by molar-refractivity contribution is 0.100. The summed E-state index contributed by atoms with van der Waals surface area (Å²) in [6.07, 6.45) is -1.20. The number of carbonyl (C=O) groups is 2. The van der Waals surface area contributed by atoms with E-state index in [0.717, 1.165) is 16.2 Å². The highest BCUT2D eigenvalue weighted by molar-refractivity contribution is 9.10. The average Bonchev–Trinajstić information content (AvgIpc) is 3.38. The average molecular weight is 526 g/mol. The number of halogens is 3. The molecule has 2 amide bonds. The van der Waals surface area contributed by atoms with Crippen LogP contribution in [0, 0.1) is 6.92 Å². The number of thiophene rings is 2. The first kappa shape index (κ1) is 21.5. The number of nitrogens with one attached hydrogen (secondary N) is 1. The molecule has 4 heterocycles. The van der Waals surface area contributed by atoms with Crippen LogP contribution in [0.2, 0.25) is 0 Å². The molecule has 4 aromatic heterocycles. The minimum Gasteiger partial charge on any atom is -0.365 e. The summed E-state index contributed by atoms with van der Waals surface area (Å²) in [5, 5.41) is 7.17. The maximum atomic E-state index is 13.5. The summed E-state index contributed by atoms with van der Waals surface area (Å²) in [7, 11) is 1.66. The van der Waals surface area contributed by atoms with Crippen molar-refractivity contribution in [3.05, 3.63) is 50.0 Å². The minimum atomic E-state index is -2.80. The number of nitrogens with two attached hydrogens (primary N) is 1. The van der Waals surface area contributed by atoms with Gasteiger partial charge in [0.25, 0.3) is 18.2 Å². The van der Waals surface area contributed by atoms with Crippen molar-refractivity contribution in [1.29, 1.82) is 0 Å². The van der Waals surface area contributed by atoms with Gasteiger partial charge in [-0.15, -0.1) is 22.7 Å². The number of aromatic nitrogens is 3. The van der Waals surface area contributed by atoms with Crippen LogP contribution in [0.4, 0.5) is 14.5 Å². The number of nitrogens with zero attached hydrogens (tertiary/aromatic N) is 3. The molecule has 7 nitrogen and oxygen atoms in total. The second-order valence-electron chi connectivity index (χ2n) is 6.61. The molecule has 0 spiro atoms. The molecule has 0 unspecified atom stereocenters. The Hall–Kier alpha value is -2.70. The van der Waals surface area contributed by atoms with Crippen LogP contribution in [-0.2, 0) is 7.05 Å². The normalized spacial score (nSPS) is 11.4. The van der Waals surface area contributed by atoms with Crippen molar-refractivity contribution in [2.75, 3.05) is 5.32 Å². The predicted octanol–water partition coefficient (Wildman–Crippen LogP) is 5.12. The van der Waals surface area contributed by atoms with Crippen LogP contribution in [0.5, 0.6) is 0 Å². The molecule has 0 radical (unpaired) electrons. The molecular formula is C19H14BrF2N5O2S2. The summed E-state index contributed by atoms with van der Waals surface area (Å²) in [6.45, 7) is 1.89. The Kier molecular flexibility index (Phi) is 5.62. The van der Waals surface area contributed by atoms with E-state index in [1.54, 1.807) is 19.3 Å². The maximum Gasteiger partial charge on any atom is 0.280 e. The van der Waals surface area contributed by atoms with Gasteiger partial charge in [0.15, 0.2) is 5.69 Å². The first-order valence-electron chi connectivity index (χ1n) is 8.78. The Balaban J connectivity index is 1.96. The Morgan fingerprint density at radius 2 is 2.03 bits per heavy atom. The van der Waals surface area contributed by atoms with Gasteiger partial charge in [-0.2, -0.15) is 5.10 Å². The standard InChI is InChI=1S/C19H14BrF2N5O2S2/c1-7-3-4-11(30-7)8-5-10(16(21)22)24-19-12(8)14(15(31-19)17(23)28)25-18(29)13-9(20)6-27(2)26-13/h3-6,16H,1-2H3,(H2,23,28)(H,25,29). The number of hydrogen-bond acceptors (Lipinski definition) is 6. The molecular weight excluding hydrogens is 512 g/mol. The molecule has 4 rings (SSSR count). The summed E-state index contributed by atoms with van der Waals surface area (Å²) < 4.78 is 28.9. The Morgan fingerprint density at radius 1 is 1.29 bits per heavy atom. The van der Waals surface area contributed by atoms with E-state index in [4.69, 9.17) is 5.73 Å². The second kappa shape index (κ2) is 8.09. The van der Waals surface area contributed by atoms with E-state index in [1.807, 2.05) is 13.0 Å². The maximum absolute atomic E-state index is 13.5. The number of alkyl halides is 2. The van der Waals surface area contributed by atoms with Crippen molar-refractivity contribution in [1.82, 2.24) is 14.8 Å². The molecule has 0 aromatic carbocycles. The number of amides is 2. The number of fused-ring (bicyclic) bond motifs is 1. The Morgan fingerprint density at radius 3 is 2.58 bits per heavy atom. The summed E-state index contributed by atoms with van der Waals surface area (Å²) in [6, 6.07) is 4.94. The van der Waals surface area contributed by atoms with E-state index in [0.29, 0.717) is 20.3 Å². The highest BCUT2D eigenvalue weighted by atomic mass is 79.9. The zero-order valence-electron chi connectivity index (χ0n) is 16.1. The number of aryl methyl sites for hydroxylation is 2. The van der Waals surface area contributed by atoms with Crippen LogP contribution in [0.15, 0.2) is 28.9 Å². The lowest BCUT2D eigenvalue weighted by atomic mass is 10.1. The van der Waals surface area contributed by atoms with Gasteiger partial charge < -0.3 is 11.1 Å². The molecule has 12 heteroatoms. The van der Waals surface area contributed by atoms with Gasteiger partial charge in [0.1, 0.15) is 15.4 Å². The van der Waals surface area contributed by atoms with Gasteiger partial charge in [-0.25, -0.2) is 13.8 Å². The third kappa shape index (κ3) is 3.98. The number of carbonyl (C=O) groups excluding carboxylic acids is 2. The van der Waals surface area contributed by atoms with Crippen molar-refractivity contribution in [3.63, 3.8) is 0 Å². The quantitative estimate of drug-likeness (QED) is 0.377. The number of hydrogen-bond donors (Lipinski definition) is 2. The molecule has 0 aliphatic rings. The zero-order chi connectivity index (χ0) is 22.4. The van der Waals surface area contributed by atoms with Crippen molar-refractivity contribution < 1.29 is 18.4 Å². The fourth-order valence-corrected chi connectivity index (χ4v) is 5.54. The summed E-state index contributed by atoms with van der Waals surface area (Å²) in [4.78, 5) is 30.9. The largest absolute Gasteiger partial charge is 0.365 e. The molecule has 4 aromatic rings. The predicted molar refractivity (Wildman–Crippen MR) is 120 cm³/mol. The number of primary amides is 1. The van der Waals surface area contributed by atoms with Gasteiger partial charge in [-0.3, -0.25) is 14.3 Å². The van der Waals surface area contributed by atoms with Gasteiger partial charge in [0.2, 0.25) is 0 Å². The molecule has 0 aliphatic carbocycles. The molecule has 0 saturated heterocycles. The van der Waals surface area contributed by atoms with Crippen molar-refractivity contribution in [2.45, 2.75) is 13.3 Å². The molecule has 0 bridgehead atoms. The molecule has 3 N–H and O–H groups in total. The Labute approximate surface area is 191 Å². The van der Waals surface area contributed by atoms with Crippen LogP contribution in [-0.4, -0.2) is 26.6 Å². The van der Waals surface area contributed by atoms with Crippen molar-refractivity contribution >= 4 is 66.3 Å². The van der Waals surface area contributed by atoms with Crippen molar-refractivity contribution in [3.8, 4) is 10.4 Å². The number of rotatable bonds is 5. The third-order valence-corrected chi connectivity index (χ3v) is 7.09. The molecule has 31 heavy (non-hydrogen) atoms. The highest BCUT2D eigenvalue weighted by Crippen LogP contribution is 2.44. The lowest BCUT2D eigenvalue weighted by Crippen LogP contribution is -2.17. The Bertz CT molecular complexity index is 1340. The van der Waals surface area contributed by atoms with Crippen LogP contribution in [0.25, 0.3) is 20.7 Å². The van der Waals surface area contributed by atoms with Crippen LogP contribution >= 0.6 is 38.6 Å². The van der Waals surface area contributed by atoms with Gasteiger partial charge in [0.05, 0.1) is 10.2 Å². The zero-order valence-corrected chi connectivity index (χ0v) is 19.3. The summed E-state index contributed by atoms with van der Waals surface area (Å²) >= 11 is 5.53. The van der Waals surface area contributed by atoms with Gasteiger partial charge in [-0.05, 0) is 41.1 Å². The monoisotopic (exact) mass is 525 g/mol. The lowest BCUT2D eigenvalue weighted by Gasteiger charge is -2.09. The van der Waals surface area contributed by atoms with Crippen molar-refractivity contribution in [2.24, 2.45) is 12.8 Å². The molecule has 0 fully saturated rings. The SMILES string of the molecule is Cc1ccc(-c2cc(C(F)F)nc3sc(C(N)=O)c(NC(=O)c4nn(C)cc4Br)c23)s1. The first-order valence-corrected chi connectivity index (χ1v) is 11.2. The van der Waals surface area contributed by atoms with E-state index in [1.165, 1.54) is 22.1 Å². The number of pyridine rings is 1. The van der Waals surface area contributed by atoms with Gasteiger partial charge >= 0.3 is 0 Å². The van der Waals surface area contributed by atoms with Gasteiger partial charge in [0, 0.05) is 33.9 Å². The van der Waals surface area contributed by atoms with E-state index >= 15 is 0 Å². The molecule has 0 aliphatic heterocycles. The summed E-state index contributed by atoms with van der Waals surface area (Å²) in [5.41, 5.74) is 5.79. The number of anilines is 1.